The predicted octanol–water partition coefficient (Wildman–Crippen LogP) is 2.61. The van der Waals surface area contributed by atoms with Gasteiger partial charge in [-0.3, -0.25) is 0 Å². The fourth-order valence-corrected chi connectivity index (χ4v) is 2.38. The van der Waals surface area contributed by atoms with Gasteiger partial charge in [0.1, 0.15) is 11.6 Å². The quantitative estimate of drug-likeness (QED) is 0.858. The highest BCUT2D eigenvalue weighted by atomic mass is 35.5. The Bertz CT molecular complexity index is 408. The molecule has 0 unspecified atom stereocenters. The van der Waals surface area contributed by atoms with E-state index >= 15 is 0 Å². The normalized spacial score (nSPS) is 19.2. The lowest BCUT2D eigenvalue weighted by Crippen LogP contribution is -2.27. The summed E-state index contributed by atoms with van der Waals surface area (Å²) in [5, 5.41) is 9.82. The number of rotatable bonds is 2. The van der Waals surface area contributed by atoms with Gasteiger partial charge in [-0.15, -0.1) is 0 Å². The van der Waals surface area contributed by atoms with E-state index in [2.05, 4.69) is 0 Å². The van der Waals surface area contributed by atoms with Crippen molar-refractivity contribution in [2.75, 3.05) is 13.2 Å². The standard InChI is InChI=1S/C12H15ClFNO2/c13-10-6-8(14)5-9(12(10)16)11(15)7-1-3-17-4-2-7/h5-7,11,16H,1-4,15H2/t11-/m0/s1. The van der Waals surface area contributed by atoms with Crippen LogP contribution in [0.25, 0.3) is 0 Å². The molecule has 0 spiro atoms. The Balaban J connectivity index is 2.26. The van der Waals surface area contributed by atoms with Crippen LogP contribution in [0.1, 0.15) is 24.4 Å². The fourth-order valence-electron chi connectivity index (χ4n) is 2.17. The van der Waals surface area contributed by atoms with Gasteiger partial charge in [0.15, 0.2) is 0 Å². The Labute approximate surface area is 104 Å². The molecule has 0 aromatic heterocycles. The monoisotopic (exact) mass is 259 g/mol. The molecule has 1 aromatic carbocycles. The van der Waals surface area contributed by atoms with Crippen LogP contribution in [-0.2, 0) is 4.74 Å². The van der Waals surface area contributed by atoms with Gasteiger partial charge < -0.3 is 15.6 Å². The maximum Gasteiger partial charge on any atom is 0.139 e. The second kappa shape index (κ2) is 5.21. The first-order valence-corrected chi connectivity index (χ1v) is 5.98. The third-order valence-electron chi connectivity index (χ3n) is 3.19. The van der Waals surface area contributed by atoms with Crippen LogP contribution in [0.2, 0.25) is 5.02 Å². The molecule has 3 N–H and O–H groups in total. The van der Waals surface area contributed by atoms with E-state index in [-0.39, 0.29) is 16.7 Å². The minimum absolute atomic E-state index is 0.00232. The number of aromatic hydroxyl groups is 1. The minimum atomic E-state index is -0.481. The van der Waals surface area contributed by atoms with E-state index < -0.39 is 11.9 Å². The first-order valence-electron chi connectivity index (χ1n) is 5.61. The summed E-state index contributed by atoms with van der Waals surface area (Å²) < 4.78 is 18.5. The molecule has 1 aliphatic heterocycles. The fraction of sp³-hybridized carbons (Fsp3) is 0.500. The van der Waals surface area contributed by atoms with Crippen LogP contribution in [0.3, 0.4) is 0 Å². The Kier molecular flexibility index (Phi) is 3.86. The van der Waals surface area contributed by atoms with Crippen molar-refractivity contribution in [1.29, 1.82) is 0 Å². The molecule has 0 aliphatic carbocycles. The lowest BCUT2D eigenvalue weighted by molar-refractivity contribution is 0.0581. The lowest BCUT2D eigenvalue weighted by atomic mass is 9.87. The zero-order valence-corrected chi connectivity index (χ0v) is 10.1. The van der Waals surface area contributed by atoms with E-state index in [4.69, 9.17) is 22.1 Å². The Morgan fingerprint density at radius 3 is 2.71 bits per heavy atom. The van der Waals surface area contributed by atoms with Gasteiger partial charge in [-0.1, -0.05) is 11.6 Å². The molecule has 0 amide bonds. The van der Waals surface area contributed by atoms with Gasteiger partial charge in [0.05, 0.1) is 5.02 Å². The van der Waals surface area contributed by atoms with E-state index in [0.717, 1.165) is 18.9 Å². The molecule has 1 fully saturated rings. The molecule has 0 bridgehead atoms. The number of nitrogens with two attached hydrogens (primary N) is 1. The molecule has 1 saturated heterocycles. The lowest BCUT2D eigenvalue weighted by Gasteiger charge is -2.28. The van der Waals surface area contributed by atoms with Crippen molar-refractivity contribution in [3.63, 3.8) is 0 Å². The predicted molar refractivity (Wildman–Crippen MR) is 63.5 cm³/mol. The van der Waals surface area contributed by atoms with E-state index in [1.807, 2.05) is 0 Å². The molecule has 0 saturated carbocycles. The van der Waals surface area contributed by atoms with Crippen molar-refractivity contribution in [3.05, 3.63) is 28.5 Å². The Morgan fingerprint density at radius 1 is 1.41 bits per heavy atom. The van der Waals surface area contributed by atoms with Gasteiger partial charge >= 0.3 is 0 Å². The van der Waals surface area contributed by atoms with Crippen LogP contribution < -0.4 is 5.73 Å². The average molecular weight is 260 g/mol. The molecular weight excluding hydrogens is 245 g/mol. The maximum absolute atomic E-state index is 13.3. The average Bonchev–Trinajstić information content (AvgIpc) is 2.34. The van der Waals surface area contributed by atoms with E-state index in [1.165, 1.54) is 6.07 Å². The van der Waals surface area contributed by atoms with Gasteiger partial charge in [-0.25, -0.2) is 4.39 Å². The Morgan fingerprint density at radius 2 is 2.06 bits per heavy atom. The summed E-state index contributed by atoms with van der Waals surface area (Å²) in [5.74, 6) is -0.412. The number of ether oxygens (including phenoxy) is 1. The number of benzene rings is 1. The van der Waals surface area contributed by atoms with Crippen LogP contribution >= 0.6 is 11.6 Å². The van der Waals surface area contributed by atoms with Crippen LogP contribution in [0.15, 0.2) is 12.1 Å². The first-order chi connectivity index (χ1) is 8.09. The smallest absolute Gasteiger partial charge is 0.139 e. The number of phenols is 1. The first kappa shape index (κ1) is 12.6. The molecule has 1 heterocycles. The molecule has 1 atom stereocenters. The number of hydrogen-bond donors (Lipinski definition) is 2. The molecule has 94 valence electrons. The largest absolute Gasteiger partial charge is 0.506 e. The van der Waals surface area contributed by atoms with Gasteiger partial charge in [-0.05, 0) is 30.9 Å². The van der Waals surface area contributed by atoms with Gasteiger partial charge in [0.2, 0.25) is 0 Å². The summed E-state index contributed by atoms with van der Waals surface area (Å²) in [7, 11) is 0. The highest BCUT2D eigenvalue weighted by Gasteiger charge is 2.25. The zero-order chi connectivity index (χ0) is 12.4. The zero-order valence-electron chi connectivity index (χ0n) is 9.33. The summed E-state index contributed by atoms with van der Waals surface area (Å²) in [6, 6.07) is 1.92. The van der Waals surface area contributed by atoms with E-state index in [1.54, 1.807) is 0 Å². The topological polar surface area (TPSA) is 55.5 Å². The second-order valence-electron chi connectivity index (χ2n) is 4.30. The summed E-state index contributed by atoms with van der Waals surface area (Å²) in [4.78, 5) is 0. The minimum Gasteiger partial charge on any atom is -0.506 e. The number of hydrogen-bond acceptors (Lipinski definition) is 3. The molecule has 17 heavy (non-hydrogen) atoms. The molecule has 3 nitrogen and oxygen atoms in total. The highest BCUT2D eigenvalue weighted by Crippen LogP contribution is 2.37. The van der Waals surface area contributed by atoms with Gasteiger partial charge in [0, 0.05) is 24.8 Å². The summed E-state index contributed by atoms with van der Waals surface area (Å²) in [5.41, 5.74) is 6.44. The highest BCUT2D eigenvalue weighted by molar-refractivity contribution is 6.32. The SMILES string of the molecule is N[C@H](c1cc(F)cc(Cl)c1O)C1CCOCC1. The number of phenolic OH excluding ortho intramolecular Hbond substituents is 1. The van der Waals surface area contributed by atoms with Crippen LogP contribution in [0.4, 0.5) is 4.39 Å². The molecule has 1 aromatic rings. The molecule has 5 heteroatoms. The van der Waals surface area contributed by atoms with E-state index in [0.29, 0.717) is 18.8 Å². The van der Waals surface area contributed by atoms with Gasteiger partial charge in [0.25, 0.3) is 0 Å². The van der Waals surface area contributed by atoms with Crippen molar-refractivity contribution in [2.45, 2.75) is 18.9 Å². The van der Waals surface area contributed by atoms with Crippen molar-refractivity contribution in [1.82, 2.24) is 0 Å². The second-order valence-corrected chi connectivity index (χ2v) is 4.71. The maximum atomic E-state index is 13.3. The molecule has 1 aliphatic rings. The summed E-state index contributed by atoms with van der Waals surface area (Å²) in [6.45, 7) is 1.31. The number of halogens is 2. The van der Waals surface area contributed by atoms with Crippen molar-refractivity contribution in [2.24, 2.45) is 11.7 Å². The Hall–Kier alpha value is -0.840. The summed E-state index contributed by atoms with van der Waals surface area (Å²) in [6.07, 6.45) is 1.63. The van der Waals surface area contributed by atoms with Crippen molar-refractivity contribution >= 4 is 11.6 Å². The third kappa shape index (κ3) is 2.70. The molecular formula is C12H15ClFNO2. The van der Waals surface area contributed by atoms with Crippen molar-refractivity contribution in [3.8, 4) is 5.75 Å². The summed E-state index contributed by atoms with van der Waals surface area (Å²) >= 11 is 5.73. The molecule has 2 rings (SSSR count). The van der Waals surface area contributed by atoms with Gasteiger partial charge in [-0.2, -0.15) is 0 Å². The molecule has 0 radical (unpaired) electrons. The van der Waals surface area contributed by atoms with Crippen LogP contribution in [-0.4, -0.2) is 18.3 Å². The van der Waals surface area contributed by atoms with Crippen LogP contribution in [0.5, 0.6) is 5.75 Å². The third-order valence-corrected chi connectivity index (χ3v) is 3.48. The van der Waals surface area contributed by atoms with Crippen molar-refractivity contribution < 1.29 is 14.2 Å². The van der Waals surface area contributed by atoms with E-state index in [9.17, 15) is 9.50 Å². The van der Waals surface area contributed by atoms with Crippen LogP contribution in [0, 0.1) is 11.7 Å².